The van der Waals surface area contributed by atoms with E-state index in [4.69, 9.17) is 0 Å². The van der Waals surface area contributed by atoms with Gasteiger partial charge in [0, 0.05) is 6.20 Å². The lowest BCUT2D eigenvalue weighted by atomic mass is 9.99. The summed E-state index contributed by atoms with van der Waals surface area (Å²) in [6, 6.07) is 27.5. The molecule has 0 spiro atoms. The first-order valence-corrected chi connectivity index (χ1v) is 8.62. The highest BCUT2D eigenvalue weighted by atomic mass is 16.2. The zero-order valence-corrected chi connectivity index (χ0v) is 14.7. The molecule has 0 aromatic heterocycles. The Bertz CT molecular complexity index is 833. The van der Waals surface area contributed by atoms with Crippen LogP contribution in [0.1, 0.15) is 28.3 Å². The summed E-state index contributed by atoms with van der Waals surface area (Å²) in [4.78, 5) is 12.4. The number of amides is 2. The van der Waals surface area contributed by atoms with Gasteiger partial charge in [0.05, 0.1) is 6.04 Å². The van der Waals surface area contributed by atoms with E-state index in [9.17, 15) is 4.79 Å². The summed E-state index contributed by atoms with van der Waals surface area (Å²) in [7, 11) is 0. The first-order valence-electron chi connectivity index (χ1n) is 8.62. The second-order valence-corrected chi connectivity index (χ2v) is 6.12. The van der Waals surface area contributed by atoms with Gasteiger partial charge < -0.3 is 10.6 Å². The van der Waals surface area contributed by atoms with Crippen LogP contribution in [0.25, 0.3) is 6.08 Å². The Morgan fingerprint density at radius 2 is 1.46 bits per heavy atom. The van der Waals surface area contributed by atoms with E-state index < -0.39 is 0 Å². The monoisotopic (exact) mass is 342 g/mol. The molecule has 3 heteroatoms. The number of aryl methyl sites for hydroxylation is 1. The molecule has 2 N–H and O–H groups in total. The van der Waals surface area contributed by atoms with Gasteiger partial charge in [-0.3, -0.25) is 0 Å². The van der Waals surface area contributed by atoms with E-state index in [1.54, 1.807) is 6.20 Å². The van der Waals surface area contributed by atoms with Crippen LogP contribution >= 0.6 is 0 Å². The fraction of sp³-hybridized carbons (Fsp3) is 0.0870. The first kappa shape index (κ1) is 17.5. The Morgan fingerprint density at radius 3 is 2.04 bits per heavy atom. The number of carbonyl (C=O) groups excluding carboxylic acids is 1. The van der Waals surface area contributed by atoms with Crippen molar-refractivity contribution in [2.75, 3.05) is 0 Å². The van der Waals surface area contributed by atoms with E-state index in [-0.39, 0.29) is 12.1 Å². The number of rotatable bonds is 5. The molecule has 130 valence electrons. The van der Waals surface area contributed by atoms with Crippen molar-refractivity contribution in [2.45, 2.75) is 13.0 Å². The van der Waals surface area contributed by atoms with Gasteiger partial charge in [-0.05, 0) is 29.7 Å². The molecule has 0 fully saturated rings. The minimum absolute atomic E-state index is 0.204. The predicted octanol–water partition coefficient (Wildman–Crippen LogP) is 5.05. The maximum absolute atomic E-state index is 12.4. The summed E-state index contributed by atoms with van der Waals surface area (Å²) in [6.45, 7) is 2.04. The third-order valence-electron chi connectivity index (χ3n) is 4.07. The van der Waals surface area contributed by atoms with Gasteiger partial charge in [0.1, 0.15) is 0 Å². The van der Waals surface area contributed by atoms with Crippen LogP contribution in [-0.2, 0) is 0 Å². The summed E-state index contributed by atoms with van der Waals surface area (Å²) >= 11 is 0. The smallest absolute Gasteiger partial charge is 0.319 e. The van der Waals surface area contributed by atoms with Crippen LogP contribution in [-0.4, -0.2) is 6.03 Å². The molecule has 3 nitrogen and oxygen atoms in total. The van der Waals surface area contributed by atoms with Crippen molar-refractivity contribution in [1.82, 2.24) is 10.6 Å². The standard InChI is InChI=1S/C23H22N2O/c1-18-9-8-10-19(17-18)15-16-24-23(26)25-22(20-11-4-2-5-12-20)21-13-6-3-7-14-21/h2-17,22H,1H3,(H2,24,25,26)/b16-15+. The molecule has 2 amide bonds. The van der Waals surface area contributed by atoms with Crippen LogP contribution in [0, 0.1) is 6.92 Å². The zero-order valence-electron chi connectivity index (χ0n) is 14.7. The minimum Gasteiger partial charge on any atom is -0.327 e. The topological polar surface area (TPSA) is 41.1 Å². The molecular formula is C23H22N2O. The second-order valence-electron chi connectivity index (χ2n) is 6.12. The number of nitrogens with one attached hydrogen (secondary N) is 2. The van der Waals surface area contributed by atoms with Gasteiger partial charge in [-0.25, -0.2) is 4.79 Å². The van der Waals surface area contributed by atoms with Gasteiger partial charge in [0.2, 0.25) is 0 Å². The fourth-order valence-electron chi connectivity index (χ4n) is 2.81. The van der Waals surface area contributed by atoms with Crippen LogP contribution in [0.4, 0.5) is 4.79 Å². The Morgan fingerprint density at radius 1 is 0.846 bits per heavy atom. The molecule has 3 rings (SSSR count). The van der Waals surface area contributed by atoms with Gasteiger partial charge in [-0.15, -0.1) is 0 Å². The molecule has 0 aliphatic carbocycles. The Labute approximate surface area is 154 Å². The van der Waals surface area contributed by atoms with Gasteiger partial charge in [0.25, 0.3) is 0 Å². The SMILES string of the molecule is Cc1cccc(/C=C/NC(=O)NC(c2ccccc2)c2ccccc2)c1. The quantitative estimate of drug-likeness (QED) is 0.669. The van der Waals surface area contributed by atoms with Crippen molar-refractivity contribution < 1.29 is 4.79 Å². The number of hydrogen-bond donors (Lipinski definition) is 2. The van der Waals surface area contributed by atoms with E-state index in [1.165, 1.54) is 5.56 Å². The van der Waals surface area contributed by atoms with Gasteiger partial charge in [-0.1, -0.05) is 90.5 Å². The van der Waals surface area contributed by atoms with Crippen molar-refractivity contribution >= 4 is 12.1 Å². The fourth-order valence-corrected chi connectivity index (χ4v) is 2.81. The molecule has 0 aliphatic rings. The Balaban J connectivity index is 1.70. The Kier molecular flexibility index (Phi) is 5.84. The molecule has 0 unspecified atom stereocenters. The van der Waals surface area contributed by atoms with Crippen molar-refractivity contribution in [3.8, 4) is 0 Å². The van der Waals surface area contributed by atoms with E-state index in [0.717, 1.165) is 16.7 Å². The minimum atomic E-state index is -0.244. The summed E-state index contributed by atoms with van der Waals surface area (Å²) in [6.07, 6.45) is 3.55. The highest BCUT2D eigenvalue weighted by molar-refractivity contribution is 5.77. The summed E-state index contributed by atoms with van der Waals surface area (Å²) in [5, 5.41) is 5.84. The van der Waals surface area contributed by atoms with Crippen molar-refractivity contribution in [3.63, 3.8) is 0 Å². The van der Waals surface area contributed by atoms with Crippen molar-refractivity contribution in [1.29, 1.82) is 0 Å². The summed E-state index contributed by atoms with van der Waals surface area (Å²) < 4.78 is 0. The molecular weight excluding hydrogens is 320 g/mol. The predicted molar refractivity (Wildman–Crippen MR) is 107 cm³/mol. The van der Waals surface area contributed by atoms with Gasteiger partial charge >= 0.3 is 6.03 Å². The van der Waals surface area contributed by atoms with Crippen LogP contribution in [0.3, 0.4) is 0 Å². The molecule has 26 heavy (non-hydrogen) atoms. The van der Waals surface area contributed by atoms with E-state index >= 15 is 0 Å². The third kappa shape index (κ3) is 4.84. The first-order chi connectivity index (χ1) is 12.7. The number of carbonyl (C=O) groups is 1. The molecule has 0 heterocycles. The van der Waals surface area contributed by atoms with Crippen LogP contribution in [0.15, 0.2) is 91.1 Å². The second kappa shape index (κ2) is 8.67. The summed E-state index contributed by atoms with van der Waals surface area (Å²) in [5.74, 6) is 0. The molecule has 3 aromatic carbocycles. The highest BCUT2D eigenvalue weighted by Crippen LogP contribution is 2.21. The molecule has 0 aliphatic heterocycles. The van der Waals surface area contributed by atoms with Gasteiger partial charge in [0.15, 0.2) is 0 Å². The third-order valence-corrected chi connectivity index (χ3v) is 4.07. The van der Waals surface area contributed by atoms with Crippen molar-refractivity contribution in [3.05, 3.63) is 113 Å². The highest BCUT2D eigenvalue weighted by Gasteiger charge is 2.15. The maximum atomic E-state index is 12.4. The largest absolute Gasteiger partial charge is 0.327 e. The van der Waals surface area contributed by atoms with Crippen LogP contribution < -0.4 is 10.6 Å². The number of benzene rings is 3. The average Bonchev–Trinajstić information content (AvgIpc) is 2.67. The van der Waals surface area contributed by atoms with Crippen molar-refractivity contribution in [2.24, 2.45) is 0 Å². The van der Waals surface area contributed by atoms with E-state index in [2.05, 4.69) is 16.7 Å². The van der Waals surface area contributed by atoms with Gasteiger partial charge in [-0.2, -0.15) is 0 Å². The number of urea groups is 1. The van der Waals surface area contributed by atoms with E-state index in [1.807, 2.05) is 91.9 Å². The molecule has 0 saturated carbocycles. The maximum Gasteiger partial charge on any atom is 0.319 e. The number of hydrogen-bond acceptors (Lipinski definition) is 1. The van der Waals surface area contributed by atoms with Crippen LogP contribution in [0.2, 0.25) is 0 Å². The molecule has 3 aromatic rings. The lowest BCUT2D eigenvalue weighted by Gasteiger charge is -2.19. The molecule has 0 atom stereocenters. The molecule has 0 saturated heterocycles. The zero-order chi connectivity index (χ0) is 18.2. The molecule has 0 radical (unpaired) electrons. The average molecular weight is 342 g/mol. The lowest BCUT2D eigenvalue weighted by Crippen LogP contribution is -2.35. The Hall–Kier alpha value is -3.33. The molecule has 0 bridgehead atoms. The van der Waals surface area contributed by atoms with E-state index in [0.29, 0.717) is 0 Å². The normalized spacial score (nSPS) is 10.8. The van der Waals surface area contributed by atoms with Crippen LogP contribution in [0.5, 0.6) is 0 Å². The summed E-state index contributed by atoms with van der Waals surface area (Å²) in [5.41, 5.74) is 4.31. The lowest BCUT2D eigenvalue weighted by molar-refractivity contribution is 0.242.